The van der Waals surface area contributed by atoms with Crippen molar-refractivity contribution < 1.29 is 24.1 Å². The molecule has 0 atom stereocenters. The molecular weight excluding hydrogens is 264 g/mol. The monoisotopic (exact) mass is 286 g/mol. The van der Waals surface area contributed by atoms with Crippen molar-refractivity contribution in [2.45, 2.75) is 20.4 Å². The number of carboxylic acid groups (broad SMARTS) is 1. The largest absolute Gasteiger partial charge is 0.478 e. The van der Waals surface area contributed by atoms with Crippen LogP contribution in [0.15, 0.2) is 0 Å². The summed E-state index contributed by atoms with van der Waals surface area (Å²) in [7, 11) is 1.62. The fourth-order valence-electron chi connectivity index (χ4n) is 1.84. The van der Waals surface area contributed by atoms with Crippen LogP contribution in [0.5, 0.6) is 0 Å². The number of aryl methyl sites for hydroxylation is 1. The zero-order valence-electron chi connectivity index (χ0n) is 12.2. The van der Waals surface area contributed by atoms with Crippen LogP contribution >= 0.6 is 0 Å². The van der Waals surface area contributed by atoms with E-state index in [1.54, 1.807) is 25.6 Å². The fraction of sp³-hybridized carbons (Fsp3) is 0.692. The molecule has 0 aromatic carbocycles. The molecule has 1 rings (SSSR count). The highest BCUT2D eigenvalue weighted by atomic mass is 16.5. The van der Waals surface area contributed by atoms with Crippen LogP contribution < -0.4 is 0 Å². The van der Waals surface area contributed by atoms with E-state index in [2.05, 4.69) is 5.10 Å². The minimum atomic E-state index is -0.946. The smallest absolute Gasteiger partial charge is 0.339 e. The van der Waals surface area contributed by atoms with Crippen molar-refractivity contribution in [1.82, 2.24) is 9.78 Å². The third kappa shape index (κ3) is 4.92. The minimum Gasteiger partial charge on any atom is -0.478 e. The Bertz CT molecular complexity index is 431. The lowest BCUT2D eigenvalue weighted by Crippen LogP contribution is -2.13. The molecule has 114 valence electrons. The molecule has 1 N–H and O–H groups in total. The Kier molecular flexibility index (Phi) is 7.21. The zero-order valence-corrected chi connectivity index (χ0v) is 12.2. The molecule has 0 saturated heterocycles. The van der Waals surface area contributed by atoms with Gasteiger partial charge in [0.25, 0.3) is 0 Å². The number of rotatable bonds is 10. The Balaban J connectivity index is 2.26. The molecule has 20 heavy (non-hydrogen) atoms. The molecule has 0 unspecified atom stereocenters. The zero-order chi connectivity index (χ0) is 15.0. The van der Waals surface area contributed by atoms with E-state index in [1.165, 1.54) is 0 Å². The Hall–Kier alpha value is -1.44. The summed E-state index contributed by atoms with van der Waals surface area (Å²) in [5, 5.41) is 13.3. The first-order valence-corrected chi connectivity index (χ1v) is 6.49. The lowest BCUT2D eigenvalue weighted by molar-refractivity contribution is 0.0224. The summed E-state index contributed by atoms with van der Waals surface area (Å²) in [5.41, 5.74) is 1.45. The van der Waals surface area contributed by atoms with Crippen LogP contribution in [0.3, 0.4) is 0 Å². The van der Waals surface area contributed by atoms with E-state index in [4.69, 9.17) is 19.3 Å². The van der Waals surface area contributed by atoms with E-state index in [9.17, 15) is 4.79 Å². The van der Waals surface area contributed by atoms with Crippen molar-refractivity contribution in [2.75, 3.05) is 40.1 Å². The lowest BCUT2D eigenvalue weighted by Gasteiger charge is -2.07. The van der Waals surface area contributed by atoms with Gasteiger partial charge in [0.2, 0.25) is 0 Å². The molecule has 0 aliphatic rings. The van der Waals surface area contributed by atoms with Gasteiger partial charge >= 0.3 is 5.97 Å². The van der Waals surface area contributed by atoms with Crippen LogP contribution in [0.1, 0.15) is 21.7 Å². The van der Waals surface area contributed by atoms with E-state index >= 15 is 0 Å². The third-order valence-electron chi connectivity index (χ3n) is 2.85. The van der Waals surface area contributed by atoms with Gasteiger partial charge in [0, 0.05) is 7.11 Å². The molecule has 0 bridgehead atoms. The number of hydrogen-bond acceptors (Lipinski definition) is 5. The van der Waals surface area contributed by atoms with E-state index in [0.29, 0.717) is 51.0 Å². The van der Waals surface area contributed by atoms with E-state index in [-0.39, 0.29) is 5.56 Å². The van der Waals surface area contributed by atoms with Gasteiger partial charge in [-0.05, 0) is 13.8 Å². The van der Waals surface area contributed by atoms with Crippen LogP contribution in [0, 0.1) is 13.8 Å². The molecular formula is C13H22N2O5. The second kappa shape index (κ2) is 8.68. The molecule has 0 radical (unpaired) electrons. The maximum atomic E-state index is 11.0. The number of hydrogen-bond donors (Lipinski definition) is 1. The molecule has 0 aliphatic carbocycles. The van der Waals surface area contributed by atoms with Crippen molar-refractivity contribution in [3.63, 3.8) is 0 Å². The predicted molar refractivity (Wildman–Crippen MR) is 72.2 cm³/mol. The number of carboxylic acids is 1. The molecule has 0 saturated carbocycles. The van der Waals surface area contributed by atoms with Crippen LogP contribution in [0.25, 0.3) is 0 Å². The summed E-state index contributed by atoms with van der Waals surface area (Å²) in [6, 6.07) is 0. The van der Waals surface area contributed by atoms with Gasteiger partial charge in [-0.3, -0.25) is 4.68 Å². The lowest BCUT2D eigenvalue weighted by atomic mass is 10.2. The van der Waals surface area contributed by atoms with Gasteiger partial charge in [0.05, 0.1) is 51.0 Å². The highest BCUT2D eigenvalue weighted by molar-refractivity contribution is 5.90. The number of nitrogens with zero attached hydrogens (tertiary/aromatic N) is 2. The first kappa shape index (κ1) is 16.6. The van der Waals surface area contributed by atoms with E-state index in [1.807, 2.05) is 0 Å². The fourth-order valence-corrected chi connectivity index (χ4v) is 1.84. The molecule has 0 amide bonds. The average molecular weight is 286 g/mol. The summed E-state index contributed by atoms with van der Waals surface area (Å²) >= 11 is 0. The Morgan fingerprint density at radius 2 is 1.75 bits per heavy atom. The van der Waals surface area contributed by atoms with Gasteiger partial charge in [-0.1, -0.05) is 0 Å². The van der Waals surface area contributed by atoms with E-state index < -0.39 is 5.97 Å². The topological polar surface area (TPSA) is 82.8 Å². The molecule has 1 aromatic rings. The summed E-state index contributed by atoms with van der Waals surface area (Å²) in [6.07, 6.45) is 0. The highest BCUT2D eigenvalue weighted by Gasteiger charge is 2.17. The molecule has 0 aliphatic heterocycles. The molecule has 7 nitrogen and oxygen atoms in total. The molecule has 7 heteroatoms. The summed E-state index contributed by atoms with van der Waals surface area (Å²) in [4.78, 5) is 11.0. The van der Waals surface area contributed by atoms with Crippen molar-refractivity contribution in [3.8, 4) is 0 Å². The van der Waals surface area contributed by atoms with Gasteiger partial charge in [-0.15, -0.1) is 0 Å². The highest BCUT2D eigenvalue weighted by Crippen LogP contribution is 2.12. The van der Waals surface area contributed by atoms with Crippen LogP contribution in [0.2, 0.25) is 0 Å². The average Bonchev–Trinajstić information content (AvgIpc) is 2.67. The number of ether oxygens (including phenoxy) is 3. The number of aromatic nitrogens is 2. The first-order chi connectivity index (χ1) is 9.57. The number of aromatic carboxylic acids is 1. The maximum absolute atomic E-state index is 11.0. The number of carbonyl (C=O) groups is 1. The Morgan fingerprint density at radius 3 is 2.30 bits per heavy atom. The Morgan fingerprint density at radius 1 is 1.15 bits per heavy atom. The minimum absolute atomic E-state index is 0.271. The van der Waals surface area contributed by atoms with E-state index in [0.717, 1.165) is 0 Å². The SMILES string of the molecule is COCCOCCOCCn1nc(C)c(C(=O)O)c1C. The maximum Gasteiger partial charge on any atom is 0.339 e. The van der Waals surface area contributed by atoms with Crippen molar-refractivity contribution in [3.05, 3.63) is 17.0 Å². The summed E-state index contributed by atoms with van der Waals surface area (Å²) in [5.74, 6) is -0.946. The van der Waals surface area contributed by atoms with Gasteiger partial charge in [0.1, 0.15) is 5.56 Å². The van der Waals surface area contributed by atoms with Crippen LogP contribution in [0.4, 0.5) is 0 Å². The van der Waals surface area contributed by atoms with Crippen molar-refractivity contribution >= 4 is 5.97 Å². The molecule has 1 heterocycles. The Labute approximate surface area is 118 Å². The second-order valence-electron chi connectivity index (χ2n) is 4.29. The van der Waals surface area contributed by atoms with Crippen molar-refractivity contribution in [2.24, 2.45) is 0 Å². The van der Waals surface area contributed by atoms with Crippen molar-refractivity contribution in [1.29, 1.82) is 0 Å². The summed E-state index contributed by atoms with van der Waals surface area (Å²) in [6.45, 7) is 6.57. The van der Waals surface area contributed by atoms with Crippen LogP contribution in [-0.2, 0) is 20.8 Å². The van der Waals surface area contributed by atoms with Gasteiger partial charge < -0.3 is 19.3 Å². The van der Waals surface area contributed by atoms with Gasteiger partial charge in [-0.2, -0.15) is 5.10 Å². The van der Waals surface area contributed by atoms with Crippen LogP contribution in [-0.4, -0.2) is 61.0 Å². The molecule has 0 spiro atoms. The third-order valence-corrected chi connectivity index (χ3v) is 2.85. The molecule has 0 fully saturated rings. The second-order valence-corrected chi connectivity index (χ2v) is 4.29. The normalized spacial score (nSPS) is 10.9. The summed E-state index contributed by atoms with van der Waals surface area (Å²) < 4.78 is 17.2. The van der Waals surface area contributed by atoms with Gasteiger partial charge in [-0.25, -0.2) is 4.79 Å². The quantitative estimate of drug-likeness (QED) is 0.643. The predicted octanol–water partition coefficient (Wildman–Crippen LogP) is 0.878. The van der Waals surface area contributed by atoms with Gasteiger partial charge in [0.15, 0.2) is 0 Å². The number of methoxy groups -OCH3 is 1. The molecule has 1 aromatic heterocycles. The standard InChI is InChI=1S/C13H22N2O5/c1-10-12(13(16)17)11(2)15(14-10)4-5-19-8-9-20-7-6-18-3/h4-9H2,1-3H3,(H,16,17). The first-order valence-electron chi connectivity index (χ1n) is 6.49.